The monoisotopic (exact) mass is 504 g/mol. The van der Waals surface area contributed by atoms with Gasteiger partial charge in [0.25, 0.3) is 5.91 Å². The highest BCUT2D eigenvalue weighted by molar-refractivity contribution is 5.97. The Labute approximate surface area is 217 Å². The zero-order chi connectivity index (χ0) is 25.4. The second-order valence-corrected chi connectivity index (χ2v) is 10.8. The molecule has 0 radical (unpaired) electrons. The molecule has 2 saturated carbocycles. The van der Waals surface area contributed by atoms with Crippen LogP contribution in [0.1, 0.15) is 60.9 Å². The number of aliphatic hydroxyl groups excluding tert-OH is 1. The molecule has 6 rings (SSSR count). The molecule has 1 amide bonds. The molecule has 4 N–H and O–H groups in total. The van der Waals surface area contributed by atoms with Crippen molar-refractivity contribution in [2.24, 2.45) is 5.92 Å². The fourth-order valence-corrected chi connectivity index (χ4v) is 5.41. The molecule has 0 unspecified atom stereocenters. The Balaban J connectivity index is 1.33. The van der Waals surface area contributed by atoms with Crippen molar-refractivity contribution in [1.82, 2.24) is 19.9 Å². The molecule has 1 aliphatic heterocycles. The number of aromatic nitrogens is 3. The lowest BCUT2D eigenvalue weighted by molar-refractivity contribution is 0.0950. The van der Waals surface area contributed by atoms with E-state index in [-0.39, 0.29) is 18.1 Å². The number of nitrogens with one attached hydrogen (secondary N) is 3. The molecule has 1 aromatic carbocycles. The Morgan fingerprint density at radius 2 is 2.03 bits per heavy atom. The molecule has 1 saturated heterocycles. The first-order chi connectivity index (χ1) is 18.0. The normalized spacial score (nSPS) is 23.8. The molecular weight excluding hydrogens is 468 g/mol. The molecule has 3 aliphatic rings. The largest absolute Gasteiger partial charge is 0.391 e. The number of hydrogen-bond acceptors (Lipinski definition) is 7. The molecule has 3 atom stereocenters. The molecule has 2 aromatic heterocycles. The summed E-state index contributed by atoms with van der Waals surface area (Å²) in [6, 6.07) is 8.20. The highest BCUT2D eigenvalue weighted by Crippen LogP contribution is 2.30. The van der Waals surface area contributed by atoms with E-state index in [9.17, 15) is 9.90 Å². The van der Waals surface area contributed by atoms with E-state index in [1.54, 1.807) is 0 Å². The fourth-order valence-electron chi connectivity index (χ4n) is 5.41. The van der Waals surface area contributed by atoms with Gasteiger partial charge in [0.05, 0.1) is 24.9 Å². The first-order valence-corrected chi connectivity index (χ1v) is 13.6. The van der Waals surface area contributed by atoms with Crippen LogP contribution in [0.15, 0.2) is 30.5 Å². The number of carbonyl (C=O) groups is 1. The maximum atomic E-state index is 12.6. The Bertz CT molecular complexity index is 1280. The number of aliphatic hydroxyl groups is 1. The number of nitrogens with zero attached hydrogens (tertiary/aromatic N) is 3. The lowest BCUT2D eigenvalue weighted by Gasteiger charge is -2.29. The summed E-state index contributed by atoms with van der Waals surface area (Å²) in [5.74, 6) is 2.03. The Morgan fingerprint density at radius 3 is 2.78 bits per heavy atom. The van der Waals surface area contributed by atoms with Crippen LogP contribution in [0, 0.1) is 12.8 Å². The third-order valence-corrected chi connectivity index (χ3v) is 7.83. The quantitative estimate of drug-likeness (QED) is 0.369. The minimum absolute atomic E-state index is 0.00977. The topological polar surface area (TPSA) is 113 Å². The Kier molecular flexibility index (Phi) is 6.73. The number of hydrogen-bond donors (Lipinski definition) is 4. The predicted octanol–water partition coefficient (Wildman–Crippen LogP) is 3.76. The third-order valence-electron chi connectivity index (χ3n) is 7.83. The number of amides is 1. The van der Waals surface area contributed by atoms with Crippen LogP contribution in [0.5, 0.6) is 0 Å². The summed E-state index contributed by atoms with van der Waals surface area (Å²) in [5.41, 5.74) is 4.23. The molecular formula is C28H36N6O3. The lowest BCUT2D eigenvalue weighted by Crippen LogP contribution is -2.36. The number of ether oxygens (including phenoxy) is 1. The maximum absolute atomic E-state index is 12.6. The summed E-state index contributed by atoms with van der Waals surface area (Å²) in [6.07, 6.45) is 8.53. The van der Waals surface area contributed by atoms with Crippen molar-refractivity contribution in [3.63, 3.8) is 0 Å². The van der Waals surface area contributed by atoms with Gasteiger partial charge in [-0.05, 0) is 56.2 Å². The number of carbonyl (C=O) groups excluding carboxylic acids is 1. The van der Waals surface area contributed by atoms with Crippen LogP contribution in [0.3, 0.4) is 0 Å². The van der Waals surface area contributed by atoms with Crippen molar-refractivity contribution in [2.75, 3.05) is 30.4 Å². The van der Waals surface area contributed by atoms with Crippen molar-refractivity contribution in [3.8, 4) is 11.1 Å². The van der Waals surface area contributed by atoms with Crippen LogP contribution in [0.25, 0.3) is 16.8 Å². The Hall–Kier alpha value is -3.17. The van der Waals surface area contributed by atoms with Crippen molar-refractivity contribution in [3.05, 3.63) is 41.6 Å². The van der Waals surface area contributed by atoms with E-state index in [1.165, 1.54) is 0 Å². The number of anilines is 2. The van der Waals surface area contributed by atoms with Gasteiger partial charge in [-0.3, -0.25) is 4.79 Å². The summed E-state index contributed by atoms with van der Waals surface area (Å²) in [5, 5.41) is 25.4. The standard InChI is InChI=1S/C28H36N6O3/c1-17-12-19(6-9-21(17)28(36)31-20-7-8-20)22-15-30-34-26(29-14-18-10-11-37-16-18)13-25(33-27(22)34)32-23-4-2-3-5-24(23)35/h6,9,12-13,15,18,20,23-24,29,35H,2-5,7-8,10-11,14,16H2,1H3,(H,31,36)(H,32,33)/t18-,23-,24+/m0/s1. The van der Waals surface area contributed by atoms with E-state index >= 15 is 0 Å². The van der Waals surface area contributed by atoms with Crippen molar-refractivity contribution < 1.29 is 14.6 Å². The molecule has 3 aromatic rings. The zero-order valence-electron chi connectivity index (χ0n) is 21.4. The molecule has 0 spiro atoms. The van der Waals surface area contributed by atoms with E-state index in [1.807, 2.05) is 41.9 Å². The highest BCUT2D eigenvalue weighted by atomic mass is 16.5. The Morgan fingerprint density at radius 1 is 1.16 bits per heavy atom. The smallest absolute Gasteiger partial charge is 0.251 e. The summed E-state index contributed by atoms with van der Waals surface area (Å²) >= 11 is 0. The van der Waals surface area contributed by atoms with Crippen LogP contribution in [-0.2, 0) is 4.74 Å². The second-order valence-electron chi connectivity index (χ2n) is 10.8. The molecule has 0 bridgehead atoms. The van der Waals surface area contributed by atoms with Gasteiger partial charge in [-0.15, -0.1) is 0 Å². The molecule has 196 valence electrons. The van der Waals surface area contributed by atoms with Gasteiger partial charge >= 0.3 is 0 Å². The zero-order valence-corrected chi connectivity index (χ0v) is 21.4. The summed E-state index contributed by atoms with van der Waals surface area (Å²) in [7, 11) is 0. The highest BCUT2D eigenvalue weighted by Gasteiger charge is 2.26. The van der Waals surface area contributed by atoms with Gasteiger partial charge in [0.1, 0.15) is 11.6 Å². The molecule has 37 heavy (non-hydrogen) atoms. The van der Waals surface area contributed by atoms with Crippen molar-refractivity contribution in [1.29, 1.82) is 0 Å². The van der Waals surface area contributed by atoms with Gasteiger partial charge in [0.15, 0.2) is 5.65 Å². The first kappa shape index (κ1) is 24.2. The van der Waals surface area contributed by atoms with Crippen LogP contribution in [-0.4, -0.2) is 63.6 Å². The van der Waals surface area contributed by atoms with Crippen LogP contribution >= 0.6 is 0 Å². The van der Waals surface area contributed by atoms with Crippen LogP contribution in [0.2, 0.25) is 0 Å². The summed E-state index contributed by atoms with van der Waals surface area (Å²) in [6.45, 7) is 4.34. The third kappa shape index (κ3) is 5.29. The van der Waals surface area contributed by atoms with E-state index in [0.717, 1.165) is 98.7 Å². The van der Waals surface area contributed by atoms with Gasteiger partial charge in [-0.2, -0.15) is 9.61 Å². The molecule has 2 aliphatic carbocycles. The number of aryl methyl sites for hydroxylation is 1. The first-order valence-electron chi connectivity index (χ1n) is 13.6. The molecule has 3 heterocycles. The predicted molar refractivity (Wildman–Crippen MR) is 143 cm³/mol. The maximum Gasteiger partial charge on any atom is 0.251 e. The van der Waals surface area contributed by atoms with Crippen LogP contribution in [0.4, 0.5) is 11.6 Å². The number of fused-ring (bicyclic) bond motifs is 1. The van der Waals surface area contributed by atoms with Gasteiger partial charge in [0.2, 0.25) is 0 Å². The van der Waals surface area contributed by atoms with Crippen molar-refractivity contribution in [2.45, 2.75) is 70.1 Å². The second kappa shape index (κ2) is 10.3. The lowest BCUT2D eigenvalue weighted by atomic mass is 9.92. The van der Waals surface area contributed by atoms with Gasteiger partial charge in [0, 0.05) is 42.3 Å². The van der Waals surface area contributed by atoms with Crippen LogP contribution < -0.4 is 16.0 Å². The molecule has 9 heteroatoms. The van der Waals surface area contributed by atoms with Gasteiger partial charge < -0.3 is 25.8 Å². The number of benzene rings is 1. The summed E-state index contributed by atoms with van der Waals surface area (Å²) in [4.78, 5) is 17.6. The van der Waals surface area contributed by atoms with E-state index < -0.39 is 0 Å². The van der Waals surface area contributed by atoms with E-state index in [4.69, 9.17) is 9.72 Å². The minimum atomic E-state index is -0.375. The van der Waals surface area contributed by atoms with Crippen molar-refractivity contribution >= 4 is 23.2 Å². The number of rotatable bonds is 8. The average Bonchev–Trinajstić information content (AvgIpc) is 3.36. The van der Waals surface area contributed by atoms with Gasteiger partial charge in [-0.25, -0.2) is 4.98 Å². The summed E-state index contributed by atoms with van der Waals surface area (Å²) < 4.78 is 7.39. The SMILES string of the molecule is Cc1cc(-c2cnn3c(NC[C@@H]4CCOC4)cc(N[C@H]4CCCC[C@H]4O)nc23)ccc1C(=O)NC1CC1. The minimum Gasteiger partial charge on any atom is -0.391 e. The van der Waals surface area contributed by atoms with E-state index in [0.29, 0.717) is 17.5 Å². The molecule has 3 fully saturated rings. The van der Waals surface area contributed by atoms with E-state index in [2.05, 4.69) is 21.0 Å². The average molecular weight is 505 g/mol. The molecule has 9 nitrogen and oxygen atoms in total. The fraction of sp³-hybridized carbons (Fsp3) is 0.536. The van der Waals surface area contributed by atoms with Gasteiger partial charge in [-0.1, -0.05) is 25.0 Å².